The van der Waals surface area contributed by atoms with Crippen molar-refractivity contribution in [2.24, 2.45) is 4.99 Å². The number of nitrogens with zero attached hydrogens (tertiary/aromatic N) is 2. The molecule has 2 N–H and O–H groups in total. The quantitative estimate of drug-likeness (QED) is 0.301. The third kappa shape index (κ3) is 6.85. The molecule has 170 valence electrons. The number of aliphatic imine (C=N–C) groups is 1. The predicted molar refractivity (Wildman–Crippen MR) is 134 cm³/mol. The summed E-state index contributed by atoms with van der Waals surface area (Å²) in [5.41, 5.74) is 2.50. The SMILES string of the molecule is CN=C(NCc1ccc(F)c(COC)c1)NC1CCN(c2cc(Cl)ccc2OC)C1.I. The molecule has 1 atom stereocenters. The van der Waals surface area contributed by atoms with E-state index in [-0.39, 0.29) is 42.4 Å². The van der Waals surface area contributed by atoms with E-state index in [0.717, 1.165) is 36.5 Å². The average Bonchev–Trinajstić information content (AvgIpc) is 3.21. The lowest BCUT2D eigenvalue weighted by Crippen LogP contribution is -2.44. The maximum atomic E-state index is 13.8. The number of anilines is 1. The van der Waals surface area contributed by atoms with Crippen LogP contribution in [-0.2, 0) is 17.9 Å². The van der Waals surface area contributed by atoms with Crippen LogP contribution in [0.25, 0.3) is 0 Å². The van der Waals surface area contributed by atoms with E-state index in [1.807, 2.05) is 24.3 Å². The van der Waals surface area contributed by atoms with E-state index >= 15 is 0 Å². The summed E-state index contributed by atoms with van der Waals surface area (Å²) in [5, 5.41) is 7.45. The van der Waals surface area contributed by atoms with Crippen LogP contribution in [-0.4, -0.2) is 46.4 Å². The number of guanidine groups is 1. The molecular weight excluding hydrogens is 534 g/mol. The molecule has 6 nitrogen and oxygen atoms in total. The lowest BCUT2D eigenvalue weighted by Gasteiger charge is -2.22. The molecule has 0 aromatic heterocycles. The molecule has 0 amide bonds. The van der Waals surface area contributed by atoms with Gasteiger partial charge in [-0.2, -0.15) is 0 Å². The van der Waals surface area contributed by atoms with Crippen LogP contribution in [0.15, 0.2) is 41.4 Å². The number of ether oxygens (including phenoxy) is 2. The first-order chi connectivity index (χ1) is 14.5. The number of rotatable bonds is 7. The van der Waals surface area contributed by atoms with Crippen LogP contribution in [0.1, 0.15) is 17.5 Å². The Morgan fingerprint density at radius 3 is 2.77 bits per heavy atom. The number of hydrogen-bond donors (Lipinski definition) is 2. The Hall–Kier alpha value is -1.78. The van der Waals surface area contributed by atoms with Gasteiger partial charge in [0.1, 0.15) is 11.6 Å². The van der Waals surface area contributed by atoms with Crippen LogP contribution in [0.3, 0.4) is 0 Å². The number of methoxy groups -OCH3 is 2. The standard InChI is InChI=1S/C22H28ClFN4O2.HI/c1-25-22(26-12-15-4-6-19(24)16(10-15)14-29-2)27-18-8-9-28(13-18)20-11-17(23)5-7-21(20)30-3;/h4-7,10-11,18H,8-9,12-14H2,1-3H3,(H2,25,26,27);1H. The van der Waals surface area contributed by atoms with Crippen molar-refractivity contribution in [1.29, 1.82) is 0 Å². The van der Waals surface area contributed by atoms with Gasteiger partial charge in [-0.15, -0.1) is 24.0 Å². The highest BCUT2D eigenvalue weighted by molar-refractivity contribution is 14.0. The van der Waals surface area contributed by atoms with E-state index in [1.54, 1.807) is 27.3 Å². The number of nitrogens with one attached hydrogen (secondary N) is 2. The minimum Gasteiger partial charge on any atom is -0.495 e. The normalized spacial score (nSPS) is 16.1. The molecule has 0 saturated carbocycles. The zero-order chi connectivity index (χ0) is 21.5. The summed E-state index contributed by atoms with van der Waals surface area (Å²) in [6, 6.07) is 10.9. The van der Waals surface area contributed by atoms with E-state index < -0.39 is 0 Å². The van der Waals surface area contributed by atoms with Gasteiger partial charge >= 0.3 is 0 Å². The van der Waals surface area contributed by atoms with Crippen LogP contribution in [0.2, 0.25) is 5.02 Å². The first kappa shape index (κ1) is 25.5. The summed E-state index contributed by atoms with van der Waals surface area (Å²) < 4.78 is 24.3. The summed E-state index contributed by atoms with van der Waals surface area (Å²) in [4.78, 5) is 6.58. The molecule has 0 spiro atoms. The summed E-state index contributed by atoms with van der Waals surface area (Å²) in [7, 11) is 4.96. The number of halogens is 3. The van der Waals surface area contributed by atoms with Crippen molar-refractivity contribution >= 4 is 47.2 Å². The van der Waals surface area contributed by atoms with E-state index in [9.17, 15) is 4.39 Å². The van der Waals surface area contributed by atoms with Gasteiger partial charge in [0.15, 0.2) is 5.96 Å². The van der Waals surface area contributed by atoms with Crippen molar-refractivity contribution in [2.75, 3.05) is 39.3 Å². The van der Waals surface area contributed by atoms with Crippen molar-refractivity contribution in [2.45, 2.75) is 25.6 Å². The maximum Gasteiger partial charge on any atom is 0.191 e. The average molecular weight is 563 g/mol. The van der Waals surface area contributed by atoms with Crippen LogP contribution in [0.5, 0.6) is 5.75 Å². The van der Waals surface area contributed by atoms with Gasteiger partial charge in [-0.05, 0) is 42.3 Å². The monoisotopic (exact) mass is 562 g/mol. The smallest absolute Gasteiger partial charge is 0.191 e. The molecule has 2 aromatic carbocycles. The minimum absolute atomic E-state index is 0. The zero-order valence-corrected chi connectivity index (χ0v) is 21.0. The molecule has 3 rings (SSSR count). The second-order valence-electron chi connectivity index (χ2n) is 7.18. The van der Waals surface area contributed by atoms with E-state index in [1.165, 1.54) is 6.07 Å². The highest BCUT2D eigenvalue weighted by Crippen LogP contribution is 2.33. The van der Waals surface area contributed by atoms with Gasteiger partial charge in [-0.25, -0.2) is 4.39 Å². The summed E-state index contributed by atoms with van der Waals surface area (Å²) in [6.45, 7) is 2.49. The highest BCUT2D eigenvalue weighted by atomic mass is 127. The second-order valence-corrected chi connectivity index (χ2v) is 7.61. The number of hydrogen-bond acceptors (Lipinski definition) is 4. The third-order valence-electron chi connectivity index (χ3n) is 5.10. The van der Waals surface area contributed by atoms with Gasteiger partial charge < -0.3 is 25.0 Å². The lowest BCUT2D eigenvalue weighted by molar-refractivity contribution is 0.181. The van der Waals surface area contributed by atoms with Crippen LogP contribution in [0.4, 0.5) is 10.1 Å². The first-order valence-electron chi connectivity index (χ1n) is 9.86. The Morgan fingerprint density at radius 1 is 1.26 bits per heavy atom. The van der Waals surface area contributed by atoms with Gasteiger partial charge in [-0.3, -0.25) is 4.99 Å². The van der Waals surface area contributed by atoms with Crippen LogP contribution >= 0.6 is 35.6 Å². The van der Waals surface area contributed by atoms with Gasteiger partial charge in [0, 0.05) is 50.4 Å². The highest BCUT2D eigenvalue weighted by Gasteiger charge is 2.25. The summed E-state index contributed by atoms with van der Waals surface area (Å²) in [5.74, 6) is 1.26. The Morgan fingerprint density at radius 2 is 2.06 bits per heavy atom. The van der Waals surface area contributed by atoms with Crippen LogP contribution < -0.4 is 20.3 Å². The van der Waals surface area contributed by atoms with E-state index in [4.69, 9.17) is 21.1 Å². The molecule has 1 unspecified atom stereocenters. The molecule has 1 aliphatic rings. The fourth-order valence-electron chi connectivity index (χ4n) is 3.59. The summed E-state index contributed by atoms with van der Waals surface area (Å²) in [6.07, 6.45) is 0.963. The summed E-state index contributed by atoms with van der Waals surface area (Å²) >= 11 is 6.18. The molecular formula is C22H29ClFIN4O2. The van der Waals surface area contributed by atoms with Crippen molar-refractivity contribution in [3.05, 3.63) is 58.4 Å². The molecule has 1 fully saturated rings. The van der Waals surface area contributed by atoms with Gasteiger partial charge in [0.25, 0.3) is 0 Å². The molecule has 2 aromatic rings. The lowest BCUT2D eigenvalue weighted by atomic mass is 10.1. The molecule has 9 heteroatoms. The molecule has 31 heavy (non-hydrogen) atoms. The fourth-order valence-corrected chi connectivity index (χ4v) is 3.75. The van der Waals surface area contributed by atoms with E-state index in [2.05, 4.69) is 20.5 Å². The van der Waals surface area contributed by atoms with Crippen molar-refractivity contribution in [3.8, 4) is 5.75 Å². The van der Waals surface area contributed by atoms with E-state index in [0.29, 0.717) is 23.1 Å². The zero-order valence-electron chi connectivity index (χ0n) is 18.0. The van der Waals surface area contributed by atoms with Gasteiger partial charge in [-0.1, -0.05) is 17.7 Å². The largest absolute Gasteiger partial charge is 0.495 e. The maximum absolute atomic E-state index is 13.8. The van der Waals surface area contributed by atoms with Crippen LogP contribution in [0, 0.1) is 5.82 Å². The Kier molecular flexibility index (Phi) is 10.1. The minimum atomic E-state index is -0.259. The molecule has 0 aliphatic carbocycles. The Bertz CT molecular complexity index is 900. The topological polar surface area (TPSA) is 58.1 Å². The van der Waals surface area contributed by atoms with Crippen molar-refractivity contribution in [3.63, 3.8) is 0 Å². The third-order valence-corrected chi connectivity index (χ3v) is 5.34. The Balaban J connectivity index is 0.00000341. The molecule has 1 aliphatic heterocycles. The van der Waals surface area contributed by atoms with Crippen molar-refractivity contribution < 1.29 is 13.9 Å². The Labute approximate surface area is 205 Å². The molecule has 1 saturated heterocycles. The first-order valence-corrected chi connectivity index (χ1v) is 10.2. The fraction of sp³-hybridized carbons (Fsp3) is 0.409. The number of benzene rings is 2. The molecule has 0 bridgehead atoms. The van der Waals surface area contributed by atoms with Crippen molar-refractivity contribution in [1.82, 2.24) is 10.6 Å². The van der Waals surface area contributed by atoms with Gasteiger partial charge in [0.2, 0.25) is 0 Å². The van der Waals surface area contributed by atoms with Gasteiger partial charge in [0.05, 0.1) is 19.4 Å². The molecule has 0 radical (unpaired) electrons. The predicted octanol–water partition coefficient (Wildman–Crippen LogP) is 4.20. The second kappa shape index (κ2) is 12.3. The molecule has 1 heterocycles.